The van der Waals surface area contributed by atoms with Gasteiger partial charge in [0.15, 0.2) is 0 Å². The fraction of sp³-hybridized carbons (Fsp3) is 0.130. The highest BCUT2D eigenvalue weighted by molar-refractivity contribution is 5.84. The van der Waals surface area contributed by atoms with Crippen molar-refractivity contribution in [2.45, 2.75) is 20.0 Å². The van der Waals surface area contributed by atoms with Gasteiger partial charge in [-0.15, -0.1) is 0 Å². The average Bonchev–Trinajstić information content (AvgIpc) is 2.65. The van der Waals surface area contributed by atoms with Crippen LogP contribution < -0.4 is 4.74 Å². The highest BCUT2D eigenvalue weighted by atomic mass is 16.6. The van der Waals surface area contributed by atoms with Gasteiger partial charge in [-0.05, 0) is 34.5 Å². The van der Waals surface area contributed by atoms with E-state index in [0.29, 0.717) is 11.3 Å². The quantitative estimate of drug-likeness (QED) is 0.470. The van der Waals surface area contributed by atoms with E-state index in [0.717, 1.165) is 16.3 Å². The Hall–Kier alpha value is -3.40. The number of rotatable bonds is 5. The first kappa shape index (κ1) is 18.4. The van der Waals surface area contributed by atoms with Crippen LogP contribution in [0.2, 0.25) is 0 Å². The zero-order valence-corrected chi connectivity index (χ0v) is 15.2. The molecule has 0 N–H and O–H groups in total. The molecule has 0 radical (unpaired) electrons. The van der Waals surface area contributed by atoms with E-state index in [4.69, 9.17) is 9.47 Å². The van der Waals surface area contributed by atoms with Gasteiger partial charge in [0.1, 0.15) is 11.9 Å². The van der Waals surface area contributed by atoms with Crippen LogP contribution >= 0.6 is 0 Å². The number of fused-ring (bicyclic) bond motifs is 1. The molecule has 1 atom stereocenters. The molecule has 0 aliphatic rings. The van der Waals surface area contributed by atoms with Crippen LogP contribution in [0.5, 0.6) is 5.75 Å². The summed E-state index contributed by atoms with van der Waals surface area (Å²) in [6, 6.07) is 21.2. The van der Waals surface area contributed by atoms with Gasteiger partial charge in [0, 0.05) is 19.4 Å². The number of hydrogen-bond donors (Lipinski definition) is 0. The molecule has 0 heterocycles. The second-order valence-corrected chi connectivity index (χ2v) is 6.13. The topological polar surface area (TPSA) is 52.6 Å². The number of carbonyl (C=O) groups is 2. The van der Waals surface area contributed by atoms with Gasteiger partial charge in [0.2, 0.25) is 0 Å². The van der Waals surface area contributed by atoms with Crippen LogP contribution in [-0.2, 0) is 14.3 Å². The Kier molecular flexibility index (Phi) is 5.67. The van der Waals surface area contributed by atoms with Crippen molar-refractivity contribution in [2.24, 2.45) is 0 Å². The normalized spacial score (nSPS) is 12.1. The minimum Gasteiger partial charge on any atom is -0.453 e. The zero-order chi connectivity index (χ0) is 19.2. The van der Waals surface area contributed by atoms with Crippen molar-refractivity contribution < 1.29 is 19.1 Å². The van der Waals surface area contributed by atoms with E-state index in [1.54, 1.807) is 24.3 Å². The van der Waals surface area contributed by atoms with Crippen LogP contribution in [0.1, 0.15) is 31.1 Å². The van der Waals surface area contributed by atoms with E-state index in [1.807, 2.05) is 42.5 Å². The lowest BCUT2D eigenvalue weighted by Gasteiger charge is -2.17. The summed E-state index contributed by atoms with van der Waals surface area (Å²) in [4.78, 5) is 22.9. The molecule has 0 fully saturated rings. The van der Waals surface area contributed by atoms with Crippen molar-refractivity contribution in [3.63, 3.8) is 0 Å². The molecule has 4 nitrogen and oxygen atoms in total. The van der Waals surface area contributed by atoms with Crippen molar-refractivity contribution in [3.8, 4) is 5.75 Å². The van der Waals surface area contributed by atoms with Gasteiger partial charge in [0.05, 0.1) is 0 Å². The van der Waals surface area contributed by atoms with Crippen LogP contribution in [0.4, 0.5) is 0 Å². The second kappa shape index (κ2) is 8.32. The Bertz CT molecular complexity index is 1000. The molecule has 4 heteroatoms. The van der Waals surface area contributed by atoms with E-state index in [-0.39, 0.29) is 0 Å². The molecule has 0 aliphatic carbocycles. The Morgan fingerprint density at radius 2 is 1.56 bits per heavy atom. The summed E-state index contributed by atoms with van der Waals surface area (Å²) in [7, 11) is 0. The van der Waals surface area contributed by atoms with E-state index in [9.17, 15) is 9.59 Å². The van der Waals surface area contributed by atoms with Crippen molar-refractivity contribution in [1.82, 2.24) is 0 Å². The van der Waals surface area contributed by atoms with Crippen molar-refractivity contribution in [1.29, 1.82) is 0 Å². The van der Waals surface area contributed by atoms with Gasteiger partial charge in [-0.3, -0.25) is 9.59 Å². The minimum atomic E-state index is -0.662. The monoisotopic (exact) mass is 360 g/mol. The maximum absolute atomic E-state index is 11.6. The lowest BCUT2D eigenvalue weighted by atomic mass is 10.0. The summed E-state index contributed by atoms with van der Waals surface area (Å²) < 4.78 is 10.7. The van der Waals surface area contributed by atoms with Gasteiger partial charge in [0.25, 0.3) is 0 Å². The Morgan fingerprint density at radius 3 is 2.30 bits per heavy atom. The molecule has 27 heavy (non-hydrogen) atoms. The molecule has 0 saturated heterocycles. The maximum atomic E-state index is 11.6. The molecule has 1 unspecified atom stereocenters. The first-order valence-electron chi connectivity index (χ1n) is 8.64. The molecule has 3 aromatic rings. The molecule has 3 rings (SSSR count). The van der Waals surface area contributed by atoms with E-state index < -0.39 is 18.0 Å². The summed E-state index contributed by atoms with van der Waals surface area (Å²) in [5.74, 6) is -0.470. The number of benzene rings is 3. The standard InChI is InChI=1S/C23H20O4/c1-16(24)26-22-10-6-5-9-21(22)23(27-17(2)25)14-12-18-11-13-19-7-3-4-8-20(19)15-18/h3-15,23H,1-2H3/b14-12+. The van der Waals surface area contributed by atoms with Crippen LogP contribution in [0.25, 0.3) is 16.8 Å². The third-order valence-corrected chi connectivity index (χ3v) is 4.01. The number of hydrogen-bond acceptors (Lipinski definition) is 4. The van der Waals surface area contributed by atoms with Crippen LogP contribution in [0.3, 0.4) is 0 Å². The highest BCUT2D eigenvalue weighted by Gasteiger charge is 2.17. The minimum absolute atomic E-state index is 0.374. The molecule has 3 aromatic carbocycles. The predicted molar refractivity (Wildman–Crippen MR) is 105 cm³/mol. The summed E-state index contributed by atoms with van der Waals surface area (Å²) in [6.07, 6.45) is 3.02. The molecule has 0 saturated carbocycles. The molecule has 0 aromatic heterocycles. The third kappa shape index (κ3) is 4.82. The number of ether oxygens (including phenoxy) is 2. The van der Waals surface area contributed by atoms with E-state index >= 15 is 0 Å². The second-order valence-electron chi connectivity index (χ2n) is 6.13. The summed E-state index contributed by atoms with van der Waals surface area (Å²) in [5, 5.41) is 2.29. The van der Waals surface area contributed by atoms with E-state index in [1.165, 1.54) is 13.8 Å². The van der Waals surface area contributed by atoms with Gasteiger partial charge < -0.3 is 9.47 Å². The molecule has 0 spiro atoms. The van der Waals surface area contributed by atoms with Crippen molar-refractivity contribution in [2.75, 3.05) is 0 Å². The van der Waals surface area contributed by atoms with Gasteiger partial charge in [-0.2, -0.15) is 0 Å². The Labute approximate surface area is 158 Å². The van der Waals surface area contributed by atoms with Crippen LogP contribution in [0.15, 0.2) is 72.8 Å². The molecular weight excluding hydrogens is 340 g/mol. The Morgan fingerprint density at radius 1 is 0.852 bits per heavy atom. The fourth-order valence-corrected chi connectivity index (χ4v) is 2.86. The van der Waals surface area contributed by atoms with Gasteiger partial charge in [-0.1, -0.05) is 60.7 Å². The molecule has 136 valence electrons. The maximum Gasteiger partial charge on any atom is 0.308 e. The van der Waals surface area contributed by atoms with Gasteiger partial charge in [-0.25, -0.2) is 0 Å². The molecule has 0 bridgehead atoms. The SMILES string of the molecule is CC(=O)Oc1ccccc1C(/C=C/c1ccc2ccccc2c1)OC(C)=O. The lowest BCUT2D eigenvalue weighted by Crippen LogP contribution is -2.10. The summed E-state index contributed by atoms with van der Waals surface area (Å²) in [6.45, 7) is 2.69. The average molecular weight is 360 g/mol. The molecular formula is C23H20O4. The molecule has 0 amide bonds. The largest absolute Gasteiger partial charge is 0.453 e. The zero-order valence-electron chi connectivity index (χ0n) is 15.2. The fourth-order valence-electron chi connectivity index (χ4n) is 2.86. The first-order valence-corrected chi connectivity index (χ1v) is 8.64. The van der Waals surface area contributed by atoms with Crippen LogP contribution in [0, 0.1) is 0 Å². The van der Waals surface area contributed by atoms with Crippen LogP contribution in [-0.4, -0.2) is 11.9 Å². The number of carbonyl (C=O) groups excluding carboxylic acids is 2. The number of para-hydroxylation sites is 1. The molecule has 0 aliphatic heterocycles. The van der Waals surface area contributed by atoms with Crippen molar-refractivity contribution in [3.05, 3.63) is 83.9 Å². The lowest BCUT2D eigenvalue weighted by molar-refractivity contribution is -0.144. The smallest absolute Gasteiger partial charge is 0.308 e. The number of esters is 2. The first-order chi connectivity index (χ1) is 13.0. The summed E-state index contributed by atoms with van der Waals surface area (Å²) in [5.41, 5.74) is 1.59. The highest BCUT2D eigenvalue weighted by Crippen LogP contribution is 2.30. The summed E-state index contributed by atoms with van der Waals surface area (Å²) >= 11 is 0. The van der Waals surface area contributed by atoms with E-state index in [2.05, 4.69) is 12.1 Å². The van der Waals surface area contributed by atoms with Gasteiger partial charge >= 0.3 is 11.9 Å². The third-order valence-electron chi connectivity index (χ3n) is 4.01. The Balaban J connectivity index is 1.94. The predicted octanol–water partition coefficient (Wildman–Crippen LogP) is 5.08. The van der Waals surface area contributed by atoms with Crippen molar-refractivity contribution >= 4 is 28.8 Å².